The van der Waals surface area contributed by atoms with Gasteiger partial charge in [0.25, 0.3) is 0 Å². The highest BCUT2D eigenvalue weighted by molar-refractivity contribution is 14.0. The lowest BCUT2D eigenvalue weighted by Gasteiger charge is -2.14. The maximum absolute atomic E-state index is 13.1. The van der Waals surface area contributed by atoms with Gasteiger partial charge in [-0.1, -0.05) is 24.3 Å². The van der Waals surface area contributed by atoms with Gasteiger partial charge in [-0.15, -0.1) is 24.0 Å². The van der Waals surface area contributed by atoms with Gasteiger partial charge in [-0.3, -0.25) is 9.79 Å². The summed E-state index contributed by atoms with van der Waals surface area (Å²) in [4.78, 5) is 16.0. The number of guanidine groups is 1. The summed E-state index contributed by atoms with van der Waals surface area (Å²) in [6, 6.07) is 13.5. The third-order valence-electron chi connectivity index (χ3n) is 3.47. The van der Waals surface area contributed by atoms with Crippen LogP contribution in [0.1, 0.15) is 12.5 Å². The topological polar surface area (TPSA) is 74.8 Å². The van der Waals surface area contributed by atoms with E-state index in [1.807, 2.05) is 31.2 Å². The van der Waals surface area contributed by atoms with Gasteiger partial charge in [0.1, 0.15) is 11.6 Å². The van der Waals surface area contributed by atoms with Gasteiger partial charge in [0.15, 0.2) is 5.96 Å². The van der Waals surface area contributed by atoms with Crippen molar-refractivity contribution in [3.05, 3.63) is 59.9 Å². The lowest BCUT2D eigenvalue weighted by molar-refractivity contribution is -0.115. The van der Waals surface area contributed by atoms with E-state index in [4.69, 9.17) is 4.74 Å². The molecule has 0 aliphatic rings. The van der Waals surface area contributed by atoms with E-state index in [2.05, 4.69) is 20.9 Å². The van der Waals surface area contributed by atoms with E-state index in [0.29, 0.717) is 24.8 Å². The monoisotopic (exact) mass is 486 g/mol. The second kappa shape index (κ2) is 12.1. The molecule has 0 fully saturated rings. The van der Waals surface area contributed by atoms with E-state index >= 15 is 0 Å². The fourth-order valence-electron chi connectivity index (χ4n) is 2.28. The zero-order chi connectivity index (χ0) is 18.8. The molecule has 0 saturated carbocycles. The van der Waals surface area contributed by atoms with E-state index in [-0.39, 0.29) is 36.4 Å². The highest BCUT2D eigenvalue weighted by Crippen LogP contribution is 2.17. The summed E-state index contributed by atoms with van der Waals surface area (Å²) in [5, 5.41) is 8.67. The SMILES string of the molecule is CCOc1ccccc1CNC(=NC)NCC(=O)Nc1cccc(F)c1.I. The first-order valence-corrected chi connectivity index (χ1v) is 8.33. The Balaban J connectivity index is 0.00000364. The lowest BCUT2D eigenvalue weighted by Crippen LogP contribution is -2.41. The van der Waals surface area contributed by atoms with Gasteiger partial charge < -0.3 is 20.7 Å². The fraction of sp³-hybridized carbons (Fsp3) is 0.263. The van der Waals surface area contributed by atoms with Gasteiger partial charge in [0.05, 0.1) is 13.2 Å². The molecule has 2 rings (SSSR count). The zero-order valence-corrected chi connectivity index (χ0v) is 17.6. The van der Waals surface area contributed by atoms with Crippen molar-refractivity contribution in [1.82, 2.24) is 10.6 Å². The van der Waals surface area contributed by atoms with E-state index < -0.39 is 5.82 Å². The van der Waals surface area contributed by atoms with Crippen LogP contribution >= 0.6 is 24.0 Å². The van der Waals surface area contributed by atoms with Crippen molar-refractivity contribution in [1.29, 1.82) is 0 Å². The zero-order valence-electron chi connectivity index (χ0n) is 15.3. The molecule has 0 bridgehead atoms. The number of rotatable bonds is 7. The molecule has 1 amide bonds. The number of nitrogens with zero attached hydrogens (tertiary/aromatic N) is 1. The van der Waals surface area contributed by atoms with Crippen LogP contribution in [-0.2, 0) is 11.3 Å². The Hall–Kier alpha value is -2.36. The van der Waals surface area contributed by atoms with Gasteiger partial charge in [0.2, 0.25) is 5.91 Å². The predicted octanol–water partition coefficient (Wildman–Crippen LogP) is 3.15. The number of hydrogen-bond acceptors (Lipinski definition) is 3. The minimum absolute atomic E-state index is 0. The molecule has 27 heavy (non-hydrogen) atoms. The first kappa shape index (κ1) is 22.7. The number of ether oxygens (including phenoxy) is 1. The van der Waals surface area contributed by atoms with Crippen LogP contribution in [0.5, 0.6) is 5.75 Å². The molecule has 0 aliphatic heterocycles. The number of hydrogen-bond donors (Lipinski definition) is 3. The standard InChI is InChI=1S/C19H23FN4O2.HI/c1-3-26-17-10-5-4-7-14(17)12-22-19(21-2)23-13-18(25)24-16-9-6-8-15(20)11-16;/h4-11H,3,12-13H2,1-2H3,(H,24,25)(H2,21,22,23);1H. The molecule has 0 atom stereocenters. The molecule has 0 aromatic heterocycles. The minimum Gasteiger partial charge on any atom is -0.494 e. The number of carbonyl (C=O) groups excluding carboxylic acids is 1. The van der Waals surface area contributed by atoms with E-state index in [9.17, 15) is 9.18 Å². The number of benzene rings is 2. The maximum atomic E-state index is 13.1. The third kappa shape index (κ3) is 7.81. The van der Waals surface area contributed by atoms with Crippen LogP contribution in [-0.4, -0.2) is 32.1 Å². The van der Waals surface area contributed by atoms with Crippen molar-refractivity contribution in [2.45, 2.75) is 13.5 Å². The molecule has 0 radical (unpaired) electrons. The van der Waals surface area contributed by atoms with Crippen LogP contribution in [0.3, 0.4) is 0 Å². The van der Waals surface area contributed by atoms with Gasteiger partial charge in [-0.05, 0) is 31.2 Å². The molecular weight excluding hydrogens is 462 g/mol. The summed E-state index contributed by atoms with van der Waals surface area (Å²) in [6.45, 7) is 3.02. The molecule has 0 spiro atoms. The summed E-state index contributed by atoms with van der Waals surface area (Å²) in [6.07, 6.45) is 0. The average molecular weight is 486 g/mol. The van der Waals surface area contributed by atoms with Crippen LogP contribution in [0, 0.1) is 5.82 Å². The highest BCUT2D eigenvalue weighted by atomic mass is 127. The summed E-state index contributed by atoms with van der Waals surface area (Å²) < 4.78 is 18.7. The van der Waals surface area contributed by atoms with Crippen molar-refractivity contribution in [3.63, 3.8) is 0 Å². The Morgan fingerprint density at radius 2 is 1.93 bits per heavy atom. The molecule has 146 valence electrons. The van der Waals surface area contributed by atoms with E-state index in [1.165, 1.54) is 18.2 Å². The van der Waals surface area contributed by atoms with Crippen molar-refractivity contribution in [2.24, 2.45) is 4.99 Å². The molecule has 2 aromatic carbocycles. The van der Waals surface area contributed by atoms with E-state index in [1.54, 1.807) is 13.1 Å². The van der Waals surface area contributed by atoms with Crippen molar-refractivity contribution < 1.29 is 13.9 Å². The molecule has 6 nitrogen and oxygen atoms in total. The molecule has 0 heterocycles. The second-order valence-corrected chi connectivity index (χ2v) is 5.38. The van der Waals surface area contributed by atoms with Gasteiger partial charge in [-0.25, -0.2) is 4.39 Å². The van der Waals surface area contributed by atoms with Crippen LogP contribution in [0.25, 0.3) is 0 Å². The molecule has 2 aromatic rings. The normalized spacial score (nSPS) is 10.6. The van der Waals surface area contributed by atoms with Crippen molar-refractivity contribution >= 4 is 41.5 Å². The summed E-state index contributed by atoms with van der Waals surface area (Å²) >= 11 is 0. The van der Waals surface area contributed by atoms with Gasteiger partial charge in [-0.2, -0.15) is 0 Å². The first-order chi connectivity index (χ1) is 12.6. The van der Waals surface area contributed by atoms with Crippen LogP contribution < -0.4 is 20.7 Å². The van der Waals surface area contributed by atoms with Crippen LogP contribution in [0.2, 0.25) is 0 Å². The number of amides is 1. The first-order valence-electron chi connectivity index (χ1n) is 8.33. The largest absolute Gasteiger partial charge is 0.494 e. The van der Waals surface area contributed by atoms with Gasteiger partial charge >= 0.3 is 0 Å². The minimum atomic E-state index is -0.402. The number of anilines is 1. The number of aliphatic imine (C=N–C) groups is 1. The summed E-state index contributed by atoms with van der Waals surface area (Å²) in [5.74, 6) is 0.585. The quantitative estimate of drug-likeness (QED) is 0.320. The average Bonchev–Trinajstić information content (AvgIpc) is 2.63. The molecule has 0 saturated heterocycles. The Morgan fingerprint density at radius 1 is 1.15 bits per heavy atom. The smallest absolute Gasteiger partial charge is 0.243 e. The van der Waals surface area contributed by atoms with Gasteiger partial charge in [0, 0.05) is 24.8 Å². The molecular formula is C19H24FIN4O2. The molecule has 8 heteroatoms. The number of halogens is 2. The van der Waals surface area contributed by atoms with Crippen molar-refractivity contribution in [3.8, 4) is 5.75 Å². The van der Waals surface area contributed by atoms with Crippen LogP contribution in [0.4, 0.5) is 10.1 Å². The summed E-state index contributed by atoms with van der Waals surface area (Å²) in [5.41, 5.74) is 1.40. The number of nitrogens with one attached hydrogen (secondary N) is 3. The number of carbonyl (C=O) groups is 1. The molecule has 3 N–H and O–H groups in total. The number of para-hydroxylation sites is 1. The lowest BCUT2D eigenvalue weighted by atomic mass is 10.2. The van der Waals surface area contributed by atoms with Crippen LogP contribution in [0.15, 0.2) is 53.5 Å². The molecule has 0 aliphatic carbocycles. The summed E-state index contributed by atoms with van der Waals surface area (Å²) in [7, 11) is 1.62. The maximum Gasteiger partial charge on any atom is 0.243 e. The van der Waals surface area contributed by atoms with E-state index in [0.717, 1.165) is 11.3 Å². The Labute approximate surface area is 175 Å². The Bertz CT molecular complexity index is 771. The molecule has 0 unspecified atom stereocenters. The Morgan fingerprint density at radius 3 is 2.63 bits per heavy atom. The third-order valence-corrected chi connectivity index (χ3v) is 3.47. The van der Waals surface area contributed by atoms with Crippen molar-refractivity contribution in [2.75, 3.05) is 25.5 Å². The highest BCUT2D eigenvalue weighted by Gasteiger charge is 2.07. The fourth-order valence-corrected chi connectivity index (χ4v) is 2.28. The predicted molar refractivity (Wildman–Crippen MR) is 116 cm³/mol. The Kier molecular flexibility index (Phi) is 10.2. The second-order valence-electron chi connectivity index (χ2n) is 5.38.